The molecule has 0 radical (unpaired) electrons. The number of aliphatic imine (C=N–C) groups is 1. The summed E-state index contributed by atoms with van der Waals surface area (Å²) in [6.45, 7) is 3.75. The topological polar surface area (TPSA) is 96.3 Å². The normalized spacial score (nSPS) is 17.7. The average Bonchev–Trinajstić information content (AvgIpc) is 2.68. The second-order valence-corrected chi connectivity index (χ2v) is 6.59. The monoisotopic (exact) mass is 391 g/mol. The Hall–Kier alpha value is -2.43. The van der Waals surface area contributed by atoms with E-state index in [2.05, 4.69) is 21.4 Å². The molecule has 3 N–H and O–H groups in total. The van der Waals surface area contributed by atoms with E-state index >= 15 is 0 Å². The first-order valence-electron chi connectivity index (χ1n) is 8.61. The fraction of sp³-hybridized carbons (Fsp3) is 0.421. The molecule has 144 valence electrons. The fourth-order valence-electron chi connectivity index (χ4n) is 2.80. The molecule has 0 saturated carbocycles. The van der Waals surface area contributed by atoms with Gasteiger partial charge in [0.15, 0.2) is 0 Å². The summed E-state index contributed by atoms with van der Waals surface area (Å²) in [4.78, 5) is 7.70. The van der Waals surface area contributed by atoms with Crippen LogP contribution in [0.25, 0.3) is 5.57 Å². The van der Waals surface area contributed by atoms with Gasteiger partial charge in [0.25, 0.3) is 0 Å². The molecule has 0 spiro atoms. The van der Waals surface area contributed by atoms with E-state index in [4.69, 9.17) is 22.1 Å². The van der Waals surface area contributed by atoms with Gasteiger partial charge in [-0.3, -0.25) is 4.99 Å². The highest BCUT2D eigenvalue weighted by atomic mass is 35.5. The van der Waals surface area contributed by atoms with Crippen molar-refractivity contribution >= 4 is 28.7 Å². The molecular weight excluding hydrogens is 369 g/mol. The molecule has 1 saturated heterocycles. The zero-order chi connectivity index (χ0) is 19.7. The molecular formula is C19H23ClFN5O. The largest absolute Gasteiger partial charge is 0.384 e. The van der Waals surface area contributed by atoms with Gasteiger partial charge >= 0.3 is 0 Å². The van der Waals surface area contributed by atoms with E-state index < -0.39 is 11.2 Å². The van der Waals surface area contributed by atoms with Gasteiger partial charge in [-0.25, -0.2) is 9.37 Å². The van der Waals surface area contributed by atoms with E-state index in [9.17, 15) is 9.65 Å². The van der Waals surface area contributed by atoms with Crippen LogP contribution >= 0.6 is 11.6 Å². The predicted molar refractivity (Wildman–Crippen MR) is 106 cm³/mol. The molecule has 2 rings (SSSR count). The fourth-order valence-corrected chi connectivity index (χ4v) is 2.88. The van der Waals surface area contributed by atoms with E-state index in [1.54, 1.807) is 13.0 Å². The number of hydrogen-bond acceptors (Lipinski definition) is 6. The van der Waals surface area contributed by atoms with Crippen molar-refractivity contribution < 1.29 is 9.13 Å². The number of rotatable bonds is 7. The van der Waals surface area contributed by atoms with Gasteiger partial charge in [-0.15, -0.1) is 0 Å². The summed E-state index contributed by atoms with van der Waals surface area (Å²) < 4.78 is 19.4. The van der Waals surface area contributed by atoms with Crippen molar-refractivity contribution in [2.45, 2.75) is 19.8 Å². The number of nitrogen functional groups attached to an aromatic ring is 1. The summed E-state index contributed by atoms with van der Waals surface area (Å²) in [5.41, 5.74) is 8.16. The second kappa shape index (κ2) is 10.0. The van der Waals surface area contributed by atoms with Gasteiger partial charge in [0.1, 0.15) is 11.6 Å². The molecule has 1 aliphatic rings. The third-order valence-corrected chi connectivity index (χ3v) is 4.61. The Balaban J connectivity index is 2.22. The molecule has 8 heteroatoms. The van der Waals surface area contributed by atoms with Gasteiger partial charge in [-0.05, 0) is 43.6 Å². The highest BCUT2D eigenvalue weighted by Gasteiger charge is 2.32. The first-order valence-corrected chi connectivity index (χ1v) is 9.04. The molecule has 0 aromatic carbocycles. The number of allylic oxidation sites excluding steroid dienone is 2. The van der Waals surface area contributed by atoms with Gasteiger partial charge in [0.05, 0.1) is 29.9 Å². The average molecular weight is 392 g/mol. The predicted octanol–water partition coefficient (Wildman–Crippen LogP) is 3.27. The summed E-state index contributed by atoms with van der Waals surface area (Å²) in [6, 6.07) is 3.91. The Bertz CT molecular complexity index is 779. The quantitative estimate of drug-likeness (QED) is 0.549. The van der Waals surface area contributed by atoms with E-state index in [1.165, 1.54) is 11.7 Å². The number of hydrogen-bond donors (Lipinski definition) is 2. The van der Waals surface area contributed by atoms with Crippen LogP contribution in [-0.2, 0) is 4.74 Å². The summed E-state index contributed by atoms with van der Waals surface area (Å²) in [5, 5.41) is 12.9. The number of nitrogens with zero attached hydrogens (tertiary/aromatic N) is 3. The SMILES string of the molecule is C/C(=C\C(=CCN=CCl)NCC1(C#N)CCOCC1)c1cc(N)ncc1F. The van der Waals surface area contributed by atoms with Crippen molar-refractivity contribution in [3.8, 4) is 6.07 Å². The number of anilines is 1. The van der Waals surface area contributed by atoms with Gasteiger partial charge < -0.3 is 15.8 Å². The van der Waals surface area contributed by atoms with Gasteiger partial charge in [0.2, 0.25) is 0 Å². The molecule has 1 aromatic rings. The van der Waals surface area contributed by atoms with E-state index in [1.807, 2.05) is 6.08 Å². The molecule has 0 unspecified atom stereocenters. The van der Waals surface area contributed by atoms with E-state index in [0.29, 0.717) is 50.3 Å². The standard InChI is InChI=1S/C19H23ClFN5O/c1-14(16-9-18(23)25-10-17(16)21)8-15(2-5-24-13-20)26-12-19(11-22)3-6-27-7-4-19/h2,8-10,13,26H,3-7,12H2,1H3,(H2,23,25)/b14-8+,15-2?,24-13?. The molecule has 1 aromatic heterocycles. The molecule has 0 aliphatic carbocycles. The third-order valence-electron chi connectivity index (χ3n) is 4.48. The molecule has 0 atom stereocenters. The minimum Gasteiger partial charge on any atom is -0.384 e. The summed E-state index contributed by atoms with van der Waals surface area (Å²) >= 11 is 5.48. The molecule has 0 bridgehead atoms. The van der Waals surface area contributed by atoms with Gasteiger partial charge in [-0.1, -0.05) is 11.6 Å². The van der Waals surface area contributed by atoms with Crippen LogP contribution in [0.5, 0.6) is 0 Å². The smallest absolute Gasteiger partial charge is 0.149 e. The highest BCUT2D eigenvalue weighted by molar-refractivity contribution is 6.56. The number of pyridine rings is 1. The van der Waals surface area contributed by atoms with Crippen molar-refractivity contribution in [3.05, 3.63) is 41.5 Å². The minimum absolute atomic E-state index is 0.245. The molecule has 1 aliphatic heterocycles. The van der Waals surface area contributed by atoms with Crippen LogP contribution in [0.1, 0.15) is 25.3 Å². The molecule has 6 nitrogen and oxygen atoms in total. The zero-order valence-corrected chi connectivity index (χ0v) is 16.0. The van der Waals surface area contributed by atoms with Crippen LogP contribution < -0.4 is 11.1 Å². The molecule has 1 fully saturated rings. The van der Waals surface area contributed by atoms with Crippen LogP contribution in [0.15, 0.2) is 35.1 Å². The van der Waals surface area contributed by atoms with Gasteiger partial charge in [-0.2, -0.15) is 5.26 Å². The lowest BCUT2D eigenvalue weighted by Crippen LogP contribution is -2.37. The number of nitrogens with two attached hydrogens (primary N) is 1. The van der Waals surface area contributed by atoms with E-state index in [-0.39, 0.29) is 5.82 Å². The number of nitriles is 1. The molecule has 2 heterocycles. The second-order valence-electron chi connectivity index (χ2n) is 6.40. The number of nitrogens with one attached hydrogen (secondary N) is 1. The minimum atomic E-state index is -0.485. The third kappa shape index (κ3) is 6.05. The number of ether oxygens (including phenoxy) is 1. The lowest BCUT2D eigenvalue weighted by atomic mass is 9.81. The number of aromatic nitrogens is 1. The van der Waals surface area contributed by atoms with Crippen molar-refractivity contribution in [2.75, 3.05) is 32.0 Å². The van der Waals surface area contributed by atoms with E-state index in [0.717, 1.165) is 11.9 Å². The first kappa shape index (κ1) is 20.9. The van der Waals surface area contributed by atoms with Gasteiger partial charge in [0, 0.05) is 31.0 Å². The van der Waals surface area contributed by atoms with Crippen molar-refractivity contribution in [3.63, 3.8) is 0 Å². The summed E-state index contributed by atoms with van der Waals surface area (Å²) in [5.74, 6) is -0.205. The maximum absolute atomic E-state index is 14.1. The Kier molecular flexibility index (Phi) is 7.77. The van der Waals surface area contributed by atoms with Crippen LogP contribution in [0.2, 0.25) is 0 Å². The first-order chi connectivity index (χ1) is 13.0. The Labute approximate surface area is 163 Å². The van der Waals surface area contributed by atoms with Crippen LogP contribution in [-0.4, -0.2) is 37.0 Å². The maximum atomic E-state index is 14.1. The number of halogens is 2. The lowest BCUT2D eigenvalue weighted by Gasteiger charge is -2.31. The van der Waals surface area contributed by atoms with Crippen LogP contribution in [0, 0.1) is 22.6 Å². The lowest BCUT2D eigenvalue weighted by molar-refractivity contribution is 0.0416. The van der Waals surface area contributed by atoms with Crippen LogP contribution in [0.4, 0.5) is 10.2 Å². The summed E-state index contributed by atoms with van der Waals surface area (Å²) in [6.07, 6.45) is 6.06. The summed E-state index contributed by atoms with van der Waals surface area (Å²) in [7, 11) is 0. The molecule has 0 amide bonds. The van der Waals surface area contributed by atoms with Crippen molar-refractivity contribution in [1.29, 1.82) is 5.26 Å². The zero-order valence-electron chi connectivity index (χ0n) is 15.2. The highest BCUT2D eigenvalue weighted by Crippen LogP contribution is 2.29. The Morgan fingerprint density at radius 2 is 2.30 bits per heavy atom. The van der Waals surface area contributed by atoms with Crippen molar-refractivity contribution in [2.24, 2.45) is 10.4 Å². The Morgan fingerprint density at radius 1 is 1.56 bits per heavy atom. The van der Waals surface area contributed by atoms with Crippen LogP contribution in [0.3, 0.4) is 0 Å². The maximum Gasteiger partial charge on any atom is 0.149 e. The Morgan fingerprint density at radius 3 is 2.96 bits per heavy atom. The molecule has 27 heavy (non-hydrogen) atoms. The van der Waals surface area contributed by atoms with Crippen molar-refractivity contribution in [1.82, 2.24) is 10.3 Å².